The van der Waals surface area contributed by atoms with Gasteiger partial charge >= 0.3 is 0 Å². The van der Waals surface area contributed by atoms with E-state index in [4.69, 9.17) is 0 Å². The van der Waals surface area contributed by atoms with Crippen LogP contribution >= 0.6 is 0 Å². The molecular weight excluding hydrogens is 254 g/mol. The summed E-state index contributed by atoms with van der Waals surface area (Å²) in [5.41, 5.74) is 5.84. The van der Waals surface area contributed by atoms with Gasteiger partial charge in [0.25, 0.3) is 0 Å². The van der Waals surface area contributed by atoms with E-state index in [1.165, 1.54) is 47.9 Å². The first-order chi connectivity index (χ1) is 10.3. The van der Waals surface area contributed by atoms with Crippen LogP contribution in [0.25, 0.3) is 0 Å². The zero-order valence-corrected chi connectivity index (χ0v) is 13.1. The van der Waals surface area contributed by atoms with Crippen molar-refractivity contribution < 1.29 is 0 Å². The number of hydrogen-bond donors (Lipinski definition) is 1. The minimum absolute atomic E-state index is 0.465. The van der Waals surface area contributed by atoms with Gasteiger partial charge in [-0.15, -0.1) is 0 Å². The van der Waals surface area contributed by atoms with E-state index in [-0.39, 0.29) is 0 Å². The van der Waals surface area contributed by atoms with E-state index in [0.29, 0.717) is 12.1 Å². The normalized spacial score (nSPS) is 18.5. The molecule has 2 atom stereocenters. The second-order valence-electron chi connectivity index (χ2n) is 6.21. The highest BCUT2D eigenvalue weighted by molar-refractivity contribution is 5.38. The molecule has 0 heterocycles. The molecule has 0 spiro atoms. The molecular formula is C20H25N. The van der Waals surface area contributed by atoms with Gasteiger partial charge in [-0.25, -0.2) is 0 Å². The van der Waals surface area contributed by atoms with Crippen molar-refractivity contribution in [3.05, 3.63) is 70.8 Å². The van der Waals surface area contributed by atoms with Crippen LogP contribution in [0.1, 0.15) is 60.5 Å². The highest BCUT2D eigenvalue weighted by Crippen LogP contribution is 2.34. The smallest absolute Gasteiger partial charge is 0.0331 e. The molecule has 1 aliphatic rings. The quantitative estimate of drug-likeness (QED) is 0.801. The molecule has 0 aliphatic heterocycles. The number of rotatable bonds is 5. The number of nitrogens with one attached hydrogen (secondary N) is 1. The van der Waals surface area contributed by atoms with Crippen molar-refractivity contribution in [2.24, 2.45) is 0 Å². The van der Waals surface area contributed by atoms with Gasteiger partial charge in [-0.2, -0.15) is 0 Å². The lowest BCUT2D eigenvalue weighted by Crippen LogP contribution is -2.25. The summed E-state index contributed by atoms with van der Waals surface area (Å²) in [5.74, 6) is 0. The van der Waals surface area contributed by atoms with E-state index in [0.717, 1.165) is 0 Å². The van der Waals surface area contributed by atoms with Crippen LogP contribution < -0.4 is 5.32 Å². The highest BCUT2D eigenvalue weighted by Gasteiger charge is 2.25. The van der Waals surface area contributed by atoms with Crippen molar-refractivity contribution in [1.82, 2.24) is 5.32 Å². The Hall–Kier alpha value is -1.60. The van der Waals surface area contributed by atoms with Crippen molar-refractivity contribution in [3.63, 3.8) is 0 Å². The maximum Gasteiger partial charge on any atom is 0.0331 e. The third-order valence-corrected chi connectivity index (χ3v) is 4.56. The minimum atomic E-state index is 0.465. The molecule has 0 bridgehead atoms. The summed E-state index contributed by atoms with van der Waals surface area (Å²) in [6.07, 6.45) is 4.84. The van der Waals surface area contributed by atoms with E-state index in [2.05, 4.69) is 67.7 Å². The molecule has 0 fully saturated rings. The zero-order chi connectivity index (χ0) is 14.7. The second kappa shape index (κ2) is 6.44. The number of hydrogen-bond acceptors (Lipinski definition) is 1. The van der Waals surface area contributed by atoms with Crippen LogP contribution in [-0.4, -0.2) is 0 Å². The minimum Gasteiger partial charge on any atom is -0.303 e. The predicted molar refractivity (Wildman–Crippen MR) is 89.5 cm³/mol. The fourth-order valence-corrected chi connectivity index (χ4v) is 3.46. The Morgan fingerprint density at radius 2 is 1.95 bits per heavy atom. The molecule has 2 aromatic rings. The molecule has 21 heavy (non-hydrogen) atoms. The maximum absolute atomic E-state index is 3.92. The third-order valence-electron chi connectivity index (χ3n) is 4.56. The fraction of sp³-hybridized carbons (Fsp3) is 0.400. The molecule has 110 valence electrons. The second-order valence-corrected chi connectivity index (χ2v) is 6.21. The first-order valence-corrected chi connectivity index (χ1v) is 8.18. The zero-order valence-electron chi connectivity index (χ0n) is 13.1. The van der Waals surface area contributed by atoms with Gasteiger partial charge in [0.15, 0.2) is 0 Å². The van der Waals surface area contributed by atoms with E-state index in [9.17, 15) is 0 Å². The van der Waals surface area contributed by atoms with Gasteiger partial charge in [0.1, 0.15) is 0 Å². The van der Waals surface area contributed by atoms with Gasteiger partial charge in [-0.3, -0.25) is 0 Å². The third kappa shape index (κ3) is 3.19. The van der Waals surface area contributed by atoms with Crippen LogP contribution in [0.4, 0.5) is 0 Å². The van der Waals surface area contributed by atoms with Crippen LogP contribution in [0.15, 0.2) is 48.5 Å². The summed E-state index contributed by atoms with van der Waals surface area (Å²) in [5, 5.41) is 3.92. The number of aryl methyl sites for hydroxylation is 2. The lowest BCUT2D eigenvalue weighted by Gasteiger charge is -2.24. The molecule has 2 unspecified atom stereocenters. The Bertz CT molecular complexity index is 588. The molecule has 0 saturated carbocycles. The predicted octanol–water partition coefficient (Wildman–Crippen LogP) is 5.11. The molecule has 0 amide bonds. The first-order valence-electron chi connectivity index (χ1n) is 8.18. The maximum atomic E-state index is 3.92. The van der Waals surface area contributed by atoms with Crippen LogP contribution in [0, 0.1) is 6.92 Å². The van der Waals surface area contributed by atoms with E-state index in [1.54, 1.807) is 0 Å². The Labute approximate surface area is 128 Å². The first kappa shape index (κ1) is 14.3. The Kier molecular flexibility index (Phi) is 4.40. The Balaban J connectivity index is 1.81. The van der Waals surface area contributed by atoms with Gasteiger partial charge in [-0.05, 0) is 42.9 Å². The average Bonchev–Trinajstić information content (AvgIpc) is 2.90. The Morgan fingerprint density at radius 3 is 2.71 bits per heavy atom. The lowest BCUT2D eigenvalue weighted by molar-refractivity contribution is 0.419. The molecule has 1 aliphatic carbocycles. The Morgan fingerprint density at radius 1 is 1.14 bits per heavy atom. The topological polar surface area (TPSA) is 12.0 Å². The van der Waals surface area contributed by atoms with Crippen molar-refractivity contribution in [3.8, 4) is 0 Å². The molecule has 1 heteroatoms. The molecule has 1 N–H and O–H groups in total. The summed E-state index contributed by atoms with van der Waals surface area (Å²) in [6.45, 7) is 4.46. The summed E-state index contributed by atoms with van der Waals surface area (Å²) in [7, 11) is 0. The summed E-state index contributed by atoms with van der Waals surface area (Å²) in [4.78, 5) is 0. The van der Waals surface area contributed by atoms with Crippen molar-refractivity contribution in [2.45, 2.75) is 51.6 Å². The molecule has 3 rings (SSSR count). The fourth-order valence-electron chi connectivity index (χ4n) is 3.46. The van der Waals surface area contributed by atoms with Crippen LogP contribution in [-0.2, 0) is 6.42 Å². The summed E-state index contributed by atoms with van der Waals surface area (Å²) in [6, 6.07) is 18.8. The SMILES string of the molecule is CCCC(NC1CCc2ccc(C)cc21)c1ccccc1. The number of benzene rings is 2. The molecule has 0 radical (unpaired) electrons. The van der Waals surface area contributed by atoms with E-state index >= 15 is 0 Å². The lowest BCUT2D eigenvalue weighted by atomic mass is 9.99. The van der Waals surface area contributed by atoms with Crippen LogP contribution in [0.5, 0.6) is 0 Å². The molecule has 2 aromatic carbocycles. The monoisotopic (exact) mass is 279 g/mol. The van der Waals surface area contributed by atoms with Crippen molar-refractivity contribution >= 4 is 0 Å². The van der Waals surface area contributed by atoms with Gasteiger partial charge < -0.3 is 5.32 Å². The van der Waals surface area contributed by atoms with Gasteiger partial charge in [0, 0.05) is 12.1 Å². The van der Waals surface area contributed by atoms with Crippen LogP contribution in [0.2, 0.25) is 0 Å². The largest absolute Gasteiger partial charge is 0.303 e. The molecule has 0 aromatic heterocycles. The summed E-state index contributed by atoms with van der Waals surface area (Å²) >= 11 is 0. The van der Waals surface area contributed by atoms with Crippen LogP contribution in [0.3, 0.4) is 0 Å². The summed E-state index contributed by atoms with van der Waals surface area (Å²) < 4.78 is 0. The van der Waals surface area contributed by atoms with Gasteiger partial charge in [0.2, 0.25) is 0 Å². The van der Waals surface area contributed by atoms with Gasteiger partial charge in [0.05, 0.1) is 0 Å². The van der Waals surface area contributed by atoms with Gasteiger partial charge in [-0.1, -0.05) is 67.4 Å². The molecule has 0 saturated heterocycles. The van der Waals surface area contributed by atoms with Crippen molar-refractivity contribution in [2.75, 3.05) is 0 Å². The molecule has 1 nitrogen and oxygen atoms in total. The average molecular weight is 279 g/mol. The number of fused-ring (bicyclic) bond motifs is 1. The highest BCUT2D eigenvalue weighted by atomic mass is 15.0. The standard InChI is InChI=1S/C20H25N/c1-3-7-19(17-8-5-4-6-9-17)21-20-13-12-16-11-10-15(2)14-18(16)20/h4-6,8-11,14,19-21H,3,7,12-13H2,1-2H3. The van der Waals surface area contributed by atoms with E-state index < -0.39 is 0 Å². The van der Waals surface area contributed by atoms with E-state index in [1.807, 2.05) is 0 Å². The van der Waals surface area contributed by atoms with Crippen molar-refractivity contribution in [1.29, 1.82) is 0 Å².